The zero-order valence-electron chi connectivity index (χ0n) is 11.7. The molecular formula is C12H22N4O2. The third kappa shape index (κ3) is 3.73. The molecule has 1 rings (SSSR count). The third-order valence-corrected chi connectivity index (χ3v) is 2.52. The normalized spacial score (nSPS) is 10.8. The minimum atomic E-state index is -0.00879. The van der Waals surface area contributed by atoms with Crippen LogP contribution in [-0.2, 0) is 18.4 Å². The molecule has 0 spiro atoms. The Morgan fingerprint density at radius 1 is 1.50 bits per heavy atom. The number of carbonyl (C=O) groups is 1. The van der Waals surface area contributed by atoms with Crippen LogP contribution in [0, 0.1) is 6.92 Å². The molecule has 0 atom stereocenters. The van der Waals surface area contributed by atoms with Crippen LogP contribution in [0.4, 0.5) is 0 Å². The lowest BCUT2D eigenvalue weighted by Crippen LogP contribution is -2.37. The second-order valence-corrected chi connectivity index (χ2v) is 4.52. The highest BCUT2D eigenvalue weighted by Gasteiger charge is 2.13. The van der Waals surface area contributed by atoms with E-state index in [1.54, 1.807) is 11.8 Å². The number of nitrogens with zero attached hydrogens (tertiary/aromatic N) is 2. The Morgan fingerprint density at radius 3 is 2.72 bits per heavy atom. The molecule has 0 aliphatic carbocycles. The maximum Gasteiger partial charge on any atom is 0.234 e. The third-order valence-electron chi connectivity index (χ3n) is 2.52. The SMILES string of the molecule is COc1c(CNCC(=O)NC(C)C)c(C)nn1C. The summed E-state index contributed by atoms with van der Waals surface area (Å²) in [5.74, 6) is 0.717. The van der Waals surface area contributed by atoms with E-state index in [2.05, 4.69) is 15.7 Å². The van der Waals surface area contributed by atoms with Gasteiger partial charge in [-0.05, 0) is 20.8 Å². The lowest BCUT2D eigenvalue weighted by Gasteiger charge is -2.09. The molecule has 0 saturated carbocycles. The van der Waals surface area contributed by atoms with E-state index in [9.17, 15) is 4.79 Å². The van der Waals surface area contributed by atoms with Crippen LogP contribution >= 0.6 is 0 Å². The molecule has 1 heterocycles. The number of hydrogen-bond donors (Lipinski definition) is 2. The van der Waals surface area contributed by atoms with Gasteiger partial charge in [0.2, 0.25) is 11.8 Å². The van der Waals surface area contributed by atoms with Gasteiger partial charge in [0.25, 0.3) is 0 Å². The molecule has 1 aromatic rings. The molecule has 0 aliphatic heterocycles. The van der Waals surface area contributed by atoms with E-state index < -0.39 is 0 Å². The summed E-state index contributed by atoms with van der Waals surface area (Å²) in [6.45, 7) is 6.65. The van der Waals surface area contributed by atoms with Crippen molar-refractivity contribution in [3.05, 3.63) is 11.3 Å². The lowest BCUT2D eigenvalue weighted by molar-refractivity contribution is -0.120. The molecule has 6 heteroatoms. The van der Waals surface area contributed by atoms with Gasteiger partial charge in [-0.25, -0.2) is 4.68 Å². The van der Waals surface area contributed by atoms with Crippen LogP contribution in [0.5, 0.6) is 5.88 Å². The number of rotatable bonds is 6. The molecule has 0 saturated heterocycles. The van der Waals surface area contributed by atoms with Crippen molar-refractivity contribution in [1.82, 2.24) is 20.4 Å². The number of amides is 1. The van der Waals surface area contributed by atoms with Crippen molar-refractivity contribution >= 4 is 5.91 Å². The second-order valence-electron chi connectivity index (χ2n) is 4.52. The summed E-state index contributed by atoms with van der Waals surface area (Å²) < 4.78 is 6.97. The quantitative estimate of drug-likeness (QED) is 0.768. The van der Waals surface area contributed by atoms with Crippen LogP contribution in [0.3, 0.4) is 0 Å². The van der Waals surface area contributed by atoms with E-state index in [0.717, 1.165) is 17.1 Å². The highest BCUT2D eigenvalue weighted by molar-refractivity contribution is 5.78. The Morgan fingerprint density at radius 2 is 2.17 bits per heavy atom. The molecule has 0 unspecified atom stereocenters. The Hall–Kier alpha value is -1.56. The van der Waals surface area contributed by atoms with Crippen molar-refractivity contribution < 1.29 is 9.53 Å². The monoisotopic (exact) mass is 254 g/mol. The summed E-state index contributed by atoms with van der Waals surface area (Å²) >= 11 is 0. The van der Waals surface area contributed by atoms with Crippen molar-refractivity contribution in [2.45, 2.75) is 33.4 Å². The largest absolute Gasteiger partial charge is 0.481 e. The van der Waals surface area contributed by atoms with Crippen LogP contribution in [0.2, 0.25) is 0 Å². The van der Waals surface area contributed by atoms with Crippen molar-refractivity contribution in [3.63, 3.8) is 0 Å². The van der Waals surface area contributed by atoms with E-state index in [-0.39, 0.29) is 18.5 Å². The minimum absolute atomic E-state index is 0.00879. The van der Waals surface area contributed by atoms with Gasteiger partial charge in [0.05, 0.1) is 24.9 Å². The van der Waals surface area contributed by atoms with Gasteiger partial charge >= 0.3 is 0 Å². The van der Waals surface area contributed by atoms with E-state index >= 15 is 0 Å². The van der Waals surface area contributed by atoms with Gasteiger partial charge in [0, 0.05) is 19.6 Å². The van der Waals surface area contributed by atoms with Crippen molar-refractivity contribution in [3.8, 4) is 5.88 Å². The zero-order valence-corrected chi connectivity index (χ0v) is 11.7. The minimum Gasteiger partial charge on any atom is -0.481 e. The van der Waals surface area contributed by atoms with Crippen LogP contribution in [-0.4, -0.2) is 35.4 Å². The first-order valence-corrected chi connectivity index (χ1v) is 6.02. The smallest absolute Gasteiger partial charge is 0.234 e. The van der Waals surface area contributed by atoms with Gasteiger partial charge in [-0.1, -0.05) is 0 Å². The topological polar surface area (TPSA) is 68.2 Å². The maximum absolute atomic E-state index is 11.5. The number of aryl methyl sites for hydroxylation is 2. The Kier molecular flexibility index (Phi) is 5.15. The van der Waals surface area contributed by atoms with Crippen molar-refractivity contribution in [1.29, 1.82) is 0 Å². The summed E-state index contributed by atoms with van der Waals surface area (Å²) in [5.41, 5.74) is 1.89. The fourth-order valence-corrected chi connectivity index (χ4v) is 1.81. The summed E-state index contributed by atoms with van der Waals surface area (Å²) in [4.78, 5) is 11.5. The first-order valence-electron chi connectivity index (χ1n) is 6.02. The summed E-state index contributed by atoms with van der Waals surface area (Å²) in [7, 11) is 3.45. The highest BCUT2D eigenvalue weighted by atomic mass is 16.5. The first kappa shape index (κ1) is 14.5. The molecule has 0 bridgehead atoms. The second kappa shape index (κ2) is 6.39. The predicted molar refractivity (Wildman–Crippen MR) is 69.5 cm³/mol. The van der Waals surface area contributed by atoms with Gasteiger partial charge in [-0.15, -0.1) is 0 Å². The van der Waals surface area contributed by atoms with E-state index in [0.29, 0.717) is 6.54 Å². The van der Waals surface area contributed by atoms with Gasteiger partial charge < -0.3 is 15.4 Å². The van der Waals surface area contributed by atoms with Gasteiger partial charge in [-0.2, -0.15) is 5.10 Å². The maximum atomic E-state index is 11.5. The van der Waals surface area contributed by atoms with Gasteiger partial charge in [0.1, 0.15) is 0 Å². The van der Waals surface area contributed by atoms with E-state index in [1.807, 2.05) is 27.8 Å². The van der Waals surface area contributed by atoms with Crippen LogP contribution < -0.4 is 15.4 Å². The lowest BCUT2D eigenvalue weighted by atomic mass is 10.2. The standard InChI is InChI=1S/C12H22N4O2/c1-8(2)14-11(17)7-13-6-10-9(3)15-16(4)12(10)18-5/h8,13H,6-7H2,1-5H3,(H,14,17). The molecule has 102 valence electrons. The zero-order chi connectivity index (χ0) is 13.7. The Labute approximate surface area is 108 Å². The molecule has 0 aliphatic rings. The molecule has 18 heavy (non-hydrogen) atoms. The molecule has 1 aromatic heterocycles. The van der Waals surface area contributed by atoms with Crippen molar-refractivity contribution in [2.75, 3.05) is 13.7 Å². The Balaban J connectivity index is 2.51. The molecular weight excluding hydrogens is 232 g/mol. The average molecular weight is 254 g/mol. The molecule has 0 radical (unpaired) electrons. The predicted octanol–water partition coefficient (Wildman–Crippen LogP) is 0.351. The van der Waals surface area contributed by atoms with E-state index in [1.165, 1.54) is 0 Å². The number of aromatic nitrogens is 2. The molecule has 6 nitrogen and oxygen atoms in total. The van der Waals surface area contributed by atoms with Crippen molar-refractivity contribution in [2.24, 2.45) is 7.05 Å². The fourth-order valence-electron chi connectivity index (χ4n) is 1.81. The molecule has 2 N–H and O–H groups in total. The van der Waals surface area contributed by atoms with Crippen LogP contribution in [0.15, 0.2) is 0 Å². The average Bonchev–Trinajstić information content (AvgIpc) is 2.52. The summed E-state index contributed by atoms with van der Waals surface area (Å²) in [6.07, 6.45) is 0. The highest BCUT2D eigenvalue weighted by Crippen LogP contribution is 2.20. The number of ether oxygens (including phenoxy) is 1. The molecule has 0 aromatic carbocycles. The first-order chi connectivity index (χ1) is 8.45. The van der Waals surface area contributed by atoms with E-state index in [4.69, 9.17) is 4.74 Å². The number of nitrogens with one attached hydrogen (secondary N) is 2. The molecule has 1 amide bonds. The van der Waals surface area contributed by atoms with Crippen LogP contribution in [0.25, 0.3) is 0 Å². The summed E-state index contributed by atoms with van der Waals surface area (Å²) in [6, 6.07) is 0.161. The van der Waals surface area contributed by atoms with Gasteiger partial charge in [-0.3, -0.25) is 4.79 Å². The summed E-state index contributed by atoms with van der Waals surface area (Å²) in [5, 5.41) is 10.2. The molecule has 0 fully saturated rings. The number of methoxy groups -OCH3 is 1. The van der Waals surface area contributed by atoms with Gasteiger partial charge in [0.15, 0.2) is 0 Å². The number of hydrogen-bond acceptors (Lipinski definition) is 4. The Bertz CT molecular complexity index is 412. The number of carbonyl (C=O) groups excluding carboxylic acids is 1. The van der Waals surface area contributed by atoms with Crippen LogP contribution in [0.1, 0.15) is 25.1 Å². The fraction of sp³-hybridized carbons (Fsp3) is 0.667.